The number of carbonyl (C=O) groups excluding carboxylic acids is 4. The first-order chi connectivity index (χ1) is 30.5. The van der Waals surface area contributed by atoms with E-state index < -0.39 is 82.6 Å². The molecule has 0 radical (unpaired) electrons. The fourth-order valence-electron chi connectivity index (χ4n) is 10.6. The molecule has 3 saturated heterocycles. The van der Waals surface area contributed by atoms with Crippen LogP contribution in [0.5, 0.6) is 0 Å². The van der Waals surface area contributed by atoms with Gasteiger partial charge in [0.1, 0.15) is 23.2 Å². The maximum Gasteiger partial charge on any atom is 0.416 e. The molecule has 3 aromatic carbocycles. The molecule has 15 nitrogen and oxygen atoms in total. The van der Waals surface area contributed by atoms with E-state index in [4.69, 9.17) is 11.5 Å². The Hall–Kier alpha value is -6.33. The van der Waals surface area contributed by atoms with Gasteiger partial charge in [-0.15, -0.1) is 0 Å². The zero-order chi connectivity index (χ0) is 47.9. The Morgan fingerprint density at radius 3 is 1.28 bits per heavy atom. The summed E-state index contributed by atoms with van der Waals surface area (Å²) in [6.45, 7) is 7.26. The number of amides is 6. The van der Waals surface area contributed by atoms with Gasteiger partial charge in [-0.05, 0) is 96.9 Å². The van der Waals surface area contributed by atoms with E-state index in [1.54, 1.807) is 52.0 Å². The van der Waals surface area contributed by atoms with Gasteiger partial charge in [0.2, 0.25) is 23.6 Å². The standard InChI is InChI=1S/C47H58F3N7O8/c1-27(2)37(53(5)43(62)63)39(58)55-25-7-23-45(55,41(51)60)31-13-9-29(10-14-31)35-21-22-36(57(35)34-19-17-33(18-20-34)47(48,49)50)30-11-15-32(16-12-30)46(42(52)61)24-8-26-56(46)40(59)38(28(3)4)54(6)44(64)65/h9-20,27-28,35-38H,7-8,21-26H2,1-6H3,(H2,51,60)(H2,52,61)(H,62,63)(H,64,65)/t35-,36-,37-,38-,45-,46-/m0/s1. The van der Waals surface area contributed by atoms with Crippen LogP contribution in [0.2, 0.25) is 0 Å². The number of nitrogens with zero attached hydrogens (tertiary/aromatic N) is 5. The third kappa shape index (κ3) is 8.54. The normalized spacial score (nSPS) is 23.2. The highest BCUT2D eigenvalue weighted by molar-refractivity contribution is 5.96. The molecule has 6 amide bonds. The Bertz CT molecular complexity index is 2160. The van der Waals surface area contributed by atoms with Crippen molar-refractivity contribution in [1.82, 2.24) is 19.6 Å². The topological polar surface area (TPSA) is 211 Å². The number of carbonyl (C=O) groups is 6. The Morgan fingerprint density at radius 1 is 0.631 bits per heavy atom. The molecule has 3 heterocycles. The molecule has 3 aliphatic rings. The maximum absolute atomic E-state index is 14.1. The SMILES string of the molecule is CC(C)[C@@H](C(=O)N1CCC[C@@]1(C(N)=O)c1ccc([C@@H]2CC[C@@H](c3ccc([C@]4(C(N)=O)CCCN4C(=O)[C@H](C(C)C)N(C)C(=O)O)cc3)N2c2ccc(C(F)(F)F)cc2)cc1)N(C)C(=O)O. The van der Waals surface area contributed by atoms with Crippen LogP contribution in [0, 0.1) is 11.8 Å². The van der Waals surface area contributed by atoms with Crippen molar-refractivity contribution in [3.05, 3.63) is 101 Å². The molecule has 6 rings (SSSR count). The van der Waals surface area contributed by atoms with Crippen molar-refractivity contribution in [2.75, 3.05) is 32.1 Å². The summed E-state index contributed by atoms with van der Waals surface area (Å²) in [5, 5.41) is 19.5. The smallest absolute Gasteiger partial charge is 0.416 e. The minimum absolute atomic E-state index is 0.181. The highest BCUT2D eigenvalue weighted by atomic mass is 19.4. The third-order valence-corrected chi connectivity index (χ3v) is 13.7. The summed E-state index contributed by atoms with van der Waals surface area (Å²) < 4.78 is 41.3. The van der Waals surface area contributed by atoms with Crippen molar-refractivity contribution >= 4 is 41.5 Å². The monoisotopic (exact) mass is 905 g/mol. The number of carboxylic acid groups (broad SMARTS) is 2. The lowest BCUT2D eigenvalue weighted by Gasteiger charge is -2.41. The van der Waals surface area contributed by atoms with Crippen molar-refractivity contribution in [2.45, 2.75) is 108 Å². The molecule has 3 aromatic rings. The van der Waals surface area contributed by atoms with Gasteiger partial charge in [0.05, 0.1) is 17.6 Å². The Labute approximate surface area is 376 Å². The van der Waals surface area contributed by atoms with Crippen LogP contribution in [0.25, 0.3) is 0 Å². The number of hydrogen-bond donors (Lipinski definition) is 4. The van der Waals surface area contributed by atoms with Crippen molar-refractivity contribution in [3.8, 4) is 0 Å². The van der Waals surface area contributed by atoms with Crippen LogP contribution in [0.3, 0.4) is 0 Å². The quantitative estimate of drug-likeness (QED) is 0.144. The van der Waals surface area contributed by atoms with Gasteiger partial charge in [0.15, 0.2) is 0 Å². The zero-order valence-corrected chi connectivity index (χ0v) is 37.4. The van der Waals surface area contributed by atoms with Crippen LogP contribution in [-0.2, 0) is 36.4 Å². The van der Waals surface area contributed by atoms with E-state index in [1.165, 1.54) is 36.0 Å². The van der Waals surface area contributed by atoms with Gasteiger partial charge < -0.3 is 36.4 Å². The number of anilines is 1. The molecule has 0 aromatic heterocycles. The fourth-order valence-corrected chi connectivity index (χ4v) is 10.6. The summed E-state index contributed by atoms with van der Waals surface area (Å²) in [5.74, 6) is -3.43. The maximum atomic E-state index is 14.1. The van der Waals surface area contributed by atoms with Crippen LogP contribution in [0.15, 0.2) is 72.8 Å². The molecule has 6 atom stereocenters. The number of likely N-dealkylation sites (N-methyl/N-ethyl adjacent to an activating group) is 2. The largest absolute Gasteiger partial charge is 0.465 e. The number of hydrogen-bond acceptors (Lipinski definition) is 7. The Kier molecular flexibility index (Phi) is 13.5. The lowest BCUT2D eigenvalue weighted by molar-refractivity contribution is -0.148. The number of benzene rings is 3. The molecule has 0 bridgehead atoms. The summed E-state index contributed by atoms with van der Waals surface area (Å²) in [6.07, 6.45) is -4.73. The summed E-state index contributed by atoms with van der Waals surface area (Å²) in [5.41, 5.74) is 11.2. The number of likely N-dealkylation sites (tertiary alicyclic amines) is 2. The second-order valence-electron chi connectivity index (χ2n) is 18.1. The van der Waals surface area contributed by atoms with Gasteiger partial charge in [0.25, 0.3) is 0 Å². The molecule has 3 aliphatic heterocycles. The molecule has 0 saturated carbocycles. The van der Waals surface area contributed by atoms with Crippen molar-refractivity contribution in [3.63, 3.8) is 0 Å². The van der Waals surface area contributed by atoms with Crippen LogP contribution in [0.1, 0.15) is 106 Å². The second kappa shape index (κ2) is 18.3. The highest BCUT2D eigenvalue weighted by Gasteiger charge is 2.54. The molecule has 0 spiro atoms. The first-order valence-corrected chi connectivity index (χ1v) is 21.8. The highest BCUT2D eigenvalue weighted by Crippen LogP contribution is 2.49. The third-order valence-electron chi connectivity index (χ3n) is 13.7. The average Bonchev–Trinajstić information content (AvgIpc) is 4.02. The molecular weight excluding hydrogens is 848 g/mol. The van der Waals surface area contributed by atoms with Crippen molar-refractivity contribution in [1.29, 1.82) is 0 Å². The van der Waals surface area contributed by atoms with E-state index >= 15 is 0 Å². The second-order valence-corrected chi connectivity index (χ2v) is 18.1. The predicted molar refractivity (Wildman–Crippen MR) is 234 cm³/mol. The minimum atomic E-state index is -4.57. The molecule has 0 unspecified atom stereocenters. The van der Waals surface area contributed by atoms with E-state index in [9.17, 15) is 52.2 Å². The van der Waals surface area contributed by atoms with Gasteiger partial charge >= 0.3 is 18.4 Å². The van der Waals surface area contributed by atoms with Crippen LogP contribution in [-0.4, -0.2) is 105 Å². The van der Waals surface area contributed by atoms with Gasteiger partial charge in [-0.2, -0.15) is 13.2 Å². The van der Waals surface area contributed by atoms with Crippen LogP contribution in [0.4, 0.5) is 28.4 Å². The molecule has 350 valence electrons. The first kappa shape index (κ1) is 48.1. The van der Waals surface area contributed by atoms with Crippen LogP contribution < -0.4 is 16.4 Å². The summed E-state index contributed by atoms with van der Waals surface area (Å²) in [4.78, 5) is 85.8. The predicted octanol–water partition coefficient (Wildman–Crippen LogP) is 6.66. The Balaban J connectivity index is 1.36. The van der Waals surface area contributed by atoms with E-state index in [1.807, 2.05) is 29.2 Å². The molecule has 65 heavy (non-hydrogen) atoms. The van der Waals surface area contributed by atoms with E-state index in [2.05, 4.69) is 0 Å². The van der Waals surface area contributed by atoms with Gasteiger partial charge in [0, 0.05) is 32.9 Å². The van der Waals surface area contributed by atoms with Gasteiger partial charge in [-0.1, -0.05) is 76.2 Å². The summed E-state index contributed by atoms with van der Waals surface area (Å²) >= 11 is 0. The number of alkyl halides is 3. The summed E-state index contributed by atoms with van der Waals surface area (Å²) in [6, 6.07) is 16.1. The fraction of sp³-hybridized carbons (Fsp3) is 0.489. The average molecular weight is 906 g/mol. The Morgan fingerprint density at radius 2 is 0.985 bits per heavy atom. The lowest BCUT2D eigenvalue weighted by atomic mass is 9.84. The van der Waals surface area contributed by atoms with Crippen molar-refractivity contribution < 1.29 is 52.2 Å². The number of nitrogens with two attached hydrogens (primary N) is 2. The van der Waals surface area contributed by atoms with E-state index in [-0.39, 0.29) is 38.0 Å². The van der Waals surface area contributed by atoms with Gasteiger partial charge in [-0.3, -0.25) is 29.0 Å². The number of rotatable bonds is 13. The summed E-state index contributed by atoms with van der Waals surface area (Å²) in [7, 11) is 2.62. The molecule has 0 aliphatic carbocycles. The van der Waals surface area contributed by atoms with Crippen molar-refractivity contribution in [2.24, 2.45) is 23.3 Å². The molecular formula is C47H58F3N7O8. The first-order valence-electron chi connectivity index (χ1n) is 21.8. The van der Waals surface area contributed by atoms with E-state index in [0.29, 0.717) is 42.5 Å². The minimum Gasteiger partial charge on any atom is -0.465 e. The molecule has 3 fully saturated rings. The lowest BCUT2D eigenvalue weighted by Crippen LogP contribution is -2.59. The number of primary amides is 2. The van der Waals surface area contributed by atoms with E-state index in [0.717, 1.165) is 33.1 Å². The molecule has 18 heteroatoms. The van der Waals surface area contributed by atoms with Gasteiger partial charge in [-0.25, -0.2) is 9.59 Å². The number of halogens is 3. The zero-order valence-electron chi connectivity index (χ0n) is 37.4. The van der Waals surface area contributed by atoms with Crippen LogP contribution >= 0.6 is 0 Å². The molecule has 6 N–H and O–H groups in total.